The predicted molar refractivity (Wildman–Crippen MR) is 121 cm³/mol. The van der Waals surface area contributed by atoms with Crippen LogP contribution in [-0.2, 0) is 32.0 Å². The number of ether oxygens (including phenoxy) is 2. The number of aromatic hydroxyl groups is 1. The highest BCUT2D eigenvalue weighted by Crippen LogP contribution is 2.27. The Morgan fingerprint density at radius 2 is 1.76 bits per heavy atom. The first-order valence-corrected chi connectivity index (χ1v) is 10.5. The molecule has 0 aromatic heterocycles. The number of carbonyl (C=O) groups is 3. The van der Waals surface area contributed by atoms with Gasteiger partial charge in [-0.15, -0.1) is 0 Å². The van der Waals surface area contributed by atoms with E-state index in [-0.39, 0.29) is 18.6 Å². The maximum atomic E-state index is 12.7. The number of nitrogens with one attached hydrogen (secondary N) is 1. The molecule has 1 amide bonds. The van der Waals surface area contributed by atoms with Gasteiger partial charge in [0.05, 0.1) is 26.2 Å². The van der Waals surface area contributed by atoms with Gasteiger partial charge >= 0.3 is 11.9 Å². The lowest BCUT2D eigenvalue weighted by molar-refractivity contribution is -0.147. The summed E-state index contributed by atoms with van der Waals surface area (Å²) in [5, 5.41) is 21.8. The number of hydrogen-bond donors (Lipinski definition) is 4. The molecule has 3 atom stereocenters. The highest BCUT2D eigenvalue weighted by atomic mass is 16.5. The van der Waals surface area contributed by atoms with Crippen LogP contribution in [0.1, 0.15) is 24.0 Å². The van der Waals surface area contributed by atoms with E-state index in [2.05, 4.69) is 5.32 Å². The minimum atomic E-state index is -1.35. The molecule has 33 heavy (non-hydrogen) atoms. The molecule has 2 rings (SSSR count). The number of phenols is 1. The van der Waals surface area contributed by atoms with Crippen molar-refractivity contribution in [3.8, 4) is 11.5 Å². The molecule has 0 spiro atoms. The summed E-state index contributed by atoms with van der Waals surface area (Å²) in [5.41, 5.74) is 7.65. The zero-order chi connectivity index (χ0) is 24.4. The minimum Gasteiger partial charge on any atom is -0.504 e. The van der Waals surface area contributed by atoms with Crippen molar-refractivity contribution in [2.45, 2.75) is 37.8 Å². The largest absolute Gasteiger partial charge is 0.504 e. The van der Waals surface area contributed by atoms with Gasteiger partial charge in [0, 0.05) is 6.42 Å². The third-order valence-electron chi connectivity index (χ3n) is 5.36. The topological polar surface area (TPSA) is 148 Å². The second kappa shape index (κ2) is 12.4. The van der Waals surface area contributed by atoms with Gasteiger partial charge in [-0.25, -0.2) is 4.79 Å². The monoisotopic (exact) mass is 458 g/mol. The van der Waals surface area contributed by atoms with Crippen LogP contribution in [0.2, 0.25) is 0 Å². The zero-order valence-corrected chi connectivity index (χ0v) is 18.7. The highest BCUT2D eigenvalue weighted by molar-refractivity contribution is 5.90. The molecule has 5 N–H and O–H groups in total. The zero-order valence-electron chi connectivity index (χ0n) is 18.7. The number of carboxylic acid groups (broad SMARTS) is 1. The van der Waals surface area contributed by atoms with Gasteiger partial charge in [-0.3, -0.25) is 9.59 Å². The van der Waals surface area contributed by atoms with Gasteiger partial charge in [0.25, 0.3) is 0 Å². The molecule has 1 unspecified atom stereocenters. The maximum absolute atomic E-state index is 12.7. The van der Waals surface area contributed by atoms with Crippen LogP contribution in [0.4, 0.5) is 0 Å². The Morgan fingerprint density at radius 1 is 1.06 bits per heavy atom. The molecule has 0 saturated heterocycles. The minimum absolute atomic E-state index is 0.0130. The average Bonchev–Trinajstić information content (AvgIpc) is 2.81. The van der Waals surface area contributed by atoms with Crippen molar-refractivity contribution in [2.75, 3.05) is 14.2 Å². The molecule has 0 radical (unpaired) electrons. The lowest BCUT2D eigenvalue weighted by atomic mass is 9.92. The van der Waals surface area contributed by atoms with E-state index < -0.39 is 35.8 Å². The first-order valence-electron chi connectivity index (χ1n) is 10.5. The Morgan fingerprint density at radius 3 is 2.36 bits per heavy atom. The average molecular weight is 459 g/mol. The third-order valence-corrected chi connectivity index (χ3v) is 5.36. The van der Waals surface area contributed by atoms with Crippen molar-refractivity contribution < 1.29 is 34.1 Å². The fourth-order valence-corrected chi connectivity index (χ4v) is 3.50. The number of aliphatic carboxylic acids is 1. The van der Waals surface area contributed by atoms with E-state index in [1.807, 2.05) is 6.07 Å². The molecular weight excluding hydrogens is 428 g/mol. The molecule has 0 fully saturated rings. The fourth-order valence-electron chi connectivity index (χ4n) is 3.50. The van der Waals surface area contributed by atoms with Gasteiger partial charge < -0.3 is 30.7 Å². The SMILES string of the molecule is COC(=O)[C@H](Cc1ccccc1)NC(=O)[C@@H](N)C(CCCc1ccc(O)c(OC)c1)C(=O)O. The number of aryl methyl sites for hydroxylation is 1. The smallest absolute Gasteiger partial charge is 0.328 e. The van der Waals surface area contributed by atoms with Gasteiger partial charge in [0.2, 0.25) is 5.91 Å². The maximum Gasteiger partial charge on any atom is 0.328 e. The Kier molecular flexibility index (Phi) is 9.68. The molecule has 2 aromatic rings. The van der Waals surface area contributed by atoms with Crippen molar-refractivity contribution in [1.29, 1.82) is 0 Å². The van der Waals surface area contributed by atoms with Gasteiger partial charge in [-0.2, -0.15) is 0 Å². The van der Waals surface area contributed by atoms with Crippen LogP contribution in [0.3, 0.4) is 0 Å². The number of carbonyl (C=O) groups excluding carboxylic acids is 2. The number of methoxy groups -OCH3 is 2. The predicted octanol–water partition coefficient (Wildman–Crippen LogP) is 1.65. The molecule has 0 aliphatic rings. The van der Waals surface area contributed by atoms with Crippen molar-refractivity contribution in [2.24, 2.45) is 11.7 Å². The van der Waals surface area contributed by atoms with Crippen LogP contribution in [0.15, 0.2) is 48.5 Å². The molecule has 9 heteroatoms. The number of phenolic OH excluding ortho intramolecular Hbond substituents is 1. The lowest BCUT2D eigenvalue weighted by Crippen LogP contribution is -2.53. The highest BCUT2D eigenvalue weighted by Gasteiger charge is 2.33. The summed E-state index contributed by atoms with van der Waals surface area (Å²) >= 11 is 0. The molecule has 0 aliphatic carbocycles. The number of carboxylic acids is 1. The van der Waals surface area contributed by atoms with Crippen molar-refractivity contribution in [3.05, 3.63) is 59.7 Å². The van der Waals surface area contributed by atoms with Crippen LogP contribution >= 0.6 is 0 Å². The number of rotatable bonds is 12. The van der Waals surface area contributed by atoms with Crippen LogP contribution in [0.5, 0.6) is 11.5 Å². The van der Waals surface area contributed by atoms with E-state index >= 15 is 0 Å². The van der Waals surface area contributed by atoms with Gasteiger partial charge in [0.15, 0.2) is 11.5 Å². The summed E-state index contributed by atoms with van der Waals surface area (Å²) in [4.78, 5) is 36.7. The molecule has 0 aliphatic heterocycles. The van der Waals surface area contributed by atoms with Gasteiger partial charge in [0.1, 0.15) is 6.04 Å². The molecule has 0 bridgehead atoms. The van der Waals surface area contributed by atoms with E-state index in [1.165, 1.54) is 20.3 Å². The molecule has 0 saturated carbocycles. The number of benzene rings is 2. The summed E-state index contributed by atoms with van der Waals surface area (Å²) in [5.74, 6) is -3.38. The first kappa shape index (κ1) is 25.7. The number of nitrogens with two attached hydrogens (primary N) is 1. The number of esters is 1. The Balaban J connectivity index is 2.01. The summed E-state index contributed by atoms with van der Waals surface area (Å²) in [7, 11) is 2.65. The van der Waals surface area contributed by atoms with Crippen molar-refractivity contribution in [3.63, 3.8) is 0 Å². The van der Waals surface area contributed by atoms with Crippen molar-refractivity contribution in [1.82, 2.24) is 5.32 Å². The quantitative estimate of drug-likeness (QED) is 0.351. The normalized spacial score (nSPS) is 13.4. The van der Waals surface area contributed by atoms with Gasteiger partial charge in [-0.05, 0) is 42.5 Å². The Hall–Kier alpha value is -3.59. The van der Waals surface area contributed by atoms with E-state index in [0.29, 0.717) is 18.6 Å². The van der Waals surface area contributed by atoms with Crippen LogP contribution in [0.25, 0.3) is 0 Å². The third kappa shape index (κ3) is 7.50. The second-order valence-corrected chi connectivity index (χ2v) is 7.64. The summed E-state index contributed by atoms with van der Waals surface area (Å²) in [6, 6.07) is 11.6. The molecule has 0 heterocycles. The Labute approximate surface area is 192 Å². The van der Waals surface area contributed by atoms with E-state index in [4.69, 9.17) is 15.2 Å². The molecular formula is C24H30N2O7. The second-order valence-electron chi connectivity index (χ2n) is 7.64. The van der Waals surface area contributed by atoms with Crippen LogP contribution in [0, 0.1) is 5.92 Å². The Bertz CT molecular complexity index is 949. The van der Waals surface area contributed by atoms with Crippen LogP contribution < -0.4 is 15.8 Å². The number of hydrogen-bond acceptors (Lipinski definition) is 7. The lowest BCUT2D eigenvalue weighted by Gasteiger charge is -2.23. The first-order chi connectivity index (χ1) is 15.8. The summed E-state index contributed by atoms with van der Waals surface area (Å²) in [6.07, 6.45) is 1.28. The fraction of sp³-hybridized carbons (Fsp3) is 0.375. The summed E-state index contributed by atoms with van der Waals surface area (Å²) in [6.45, 7) is 0. The standard InChI is InChI=1S/C24H30N2O7/c1-32-20-14-16(11-12-19(20)27)9-6-10-17(23(29)30)21(25)22(28)26-18(24(31)33-2)13-15-7-4-3-5-8-15/h3-5,7-8,11-12,14,17-18,21,27H,6,9-10,13,25H2,1-2H3,(H,26,28)(H,29,30)/t17?,18-,21-/m0/s1. The van der Waals surface area contributed by atoms with Crippen molar-refractivity contribution >= 4 is 17.8 Å². The molecule has 9 nitrogen and oxygen atoms in total. The molecule has 178 valence electrons. The van der Waals surface area contributed by atoms with E-state index in [9.17, 15) is 24.6 Å². The summed E-state index contributed by atoms with van der Waals surface area (Å²) < 4.78 is 9.85. The van der Waals surface area contributed by atoms with E-state index in [1.54, 1.807) is 36.4 Å². The van der Waals surface area contributed by atoms with Gasteiger partial charge in [-0.1, -0.05) is 36.4 Å². The number of amides is 1. The van der Waals surface area contributed by atoms with Crippen LogP contribution in [-0.4, -0.2) is 54.4 Å². The van der Waals surface area contributed by atoms with E-state index in [0.717, 1.165) is 11.1 Å². The molecule has 2 aromatic carbocycles.